The minimum Gasteiger partial charge on any atom is -0.349 e. The van der Waals surface area contributed by atoms with Gasteiger partial charge in [0.15, 0.2) is 11.4 Å². The van der Waals surface area contributed by atoms with Crippen LogP contribution in [0.3, 0.4) is 0 Å². The fourth-order valence-corrected chi connectivity index (χ4v) is 2.82. The first-order valence-corrected chi connectivity index (χ1v) is 8.36. The van der Waals surface area contributed by atoms with Crippen LogP contribution in [-0.4, -0.2) is 65.1 Å². The third kappa shape index (κ3) is 5.18. The number of carbonyl (C=O) groups excluding carboxylic acids is 1. The van der Waals surface area contributed by atoms with Gasteiger partial charge in [0, 0.05) is 39.3 Å². The maximum Gasteiger partial charge on any atom is 0.435 e. The highest BCUT2D eigenvalue weighted by Gasteiger charge is 2.42. The van der Waals surface area contributed by atoms with Crippen LogP contribution in [0.5, 0.6) is 0 Å². The molecule has 2 N–H and O–H groups in total. The van der Waals surface area contributed by atoms with E-state index in [4.69, 9.17) is 0 Å². The molecule has 28 heavy (non-hydrogen) atoms. The number of hydrogen-bond donors (Lipinski definition) is 2. The highest BCUT2D eigenvalue weighted by atomic mass is 35.5. The van der Waals surface area contributed by atoms with Gasteiger partial charge in [-0.3, -0.25) is 9.69 Å². The molecular weight excluding hydrogens is 404 g/mol. The van der Waals surface area contributed by atoms with Crippen molar-refractivity contribution in [3.8, 4) is 5.69 Å². The predicted molar refractivity (Wildman–Crippen MR) is 95.2 cm³/mol. The Kier molecular flexibility index (Phi) is 7.33. The normalized spacial score (nSPS) is 15.1. The summed E-state index contributed by atoms with van der Waals surface area (Å²) in [4.78, 5) is 14.3. The molecule has 1 amide bonds. The molecule has 0 radical (unpaired) electrons. The summed E-state index contributed by atoms with van der Waals surface area (Å²) in [5, 5.41) is 12.4. The maximum atomic E-state index is 13.5. The molecule has 1 saturated heterocycles. The molecule has 0 unspecified atom stereocenters. The zero-order valence-corrected chi connectivity index (χ0v) is 15.5. The highest BCUT2D eigenvalue weighted by Crippen LogP contribution is 2.32. The van der Waals surface area contributed by atoms with Gasteiger partial charge in [-0.05, 0) is 18.2 Å². The molecule has 0 bridgehead atoms. The van der Waals surface area contributed by atoms with Crippen molar-refractivity contribution in [1.29, 1.82) is 0 Å². The fraction of sp³-hybridized carbons (Fsp3) is 0.438. The summed E-state index contributed by atoms with van der Waals surface area (Å²) in [7, 11) is 0. The number of aromatic nitrogens is 3. The summed E-state index contributed by atoms with van der Waals surface area (Å²) in [6.45, 7) is 3.97. The topological polar surface area (TPSA) is 75.1 Å². The van der Waals surface area contributed by atoms with E-state index in [0.717, 1.165) is 38.3 Å². The number of hydrogen-bond acceptors (Lipinski definition) is 5. The van der Waals surface area contributed by atoms with Gasteiger partial charge in [0.1, 0.15) is 5.82 Å². The minimum atomic E-state index is -4.89. The number of nitrogens with zero attached hydrogens (tertiary/aromatic N) is 4. The second kappa shape index (κ2) is 9.30. The Hall–Kier alpha value is -2.24. The number of alkyl halides is 3. The summed E-state index contributed by atoms with van der Waals surface area (Å²) < 4.78 is 54.3. The van der Waals surface area contributed by atoms with Gasteiger partial charge < -0.3 is 10.6 Å². The van der Waals surface area contributed by atoms with E-state index in [0.29, 0.717) is 11.2 Å². The zero-order valence-electron chi connectivity index (χ0n) is 14.7. The monoisotopic (exact) mass is 422 g/mol. The van der Waals surface area contributed by atoms with Gasteiger partial charge in [-0.25, -0.2) is 9.07 Å². The Labute approximate surface area is 164 Å². The number of amides is 1. The Balaban J connectivity index is 0.00000280. The number of benzene rings is 1. The minimum absolute atomic E-state index is 0. The SMILES string of the molecule is Cl.O=C(NCCN1CCNCC1)c1nnn(-c2cccc(F)c2)c1C(F)(F)F. The van der Waals surface area contributed by atoms with E-state index in [1.165, 1.54) is 12.1 Å². The van der Waals surface area contributed by atoms with Crippen LogP contribution in [0.1, 0.15) is 16.2 Å². The Bertz CT molecular complexity index is 807. The van der Waals surface area contributed by atoms with Crippen molar-refractivity contribution < 1.29 is 22.4 Å². The van der Waals surface area contributed by atoms with Crippen LogP contribution >= 0.6 is 12.4 Å². The Morgan fingerprint density at radius 2 is 1.96 bits per heavy atom. The summed E-state index contributed by atoms with van der Waals surface area (Å²) >= 11 is 0. The third-order valence-electron chi connectivity index (χ3n) is 4.13. The molecule has 154 valence electrons. The molecule has 0 spiro atoms. The molecule has 1 aliphatic heterocycles. The summed E-state index contributed by atoms with van der Waals surface area (Å²) in [6, 6.07) is 4.48. The average Bonchev–Trinajstić information content (AvgIpc) is 3.08. The number of nitrogens with one attached hydrogen (secondary N) is 2. The Morgan fingerprint density at radius 3 is 2.61 bits per heavy atom. The van der Waals surface area contributed by atoms with Crippen molar-refractivity contribution in [2.75, 3.05) is 39.3 Å². The van der Waals surface area contributed by atoms with Crippen LogP contribution in [0.15, 0.2) is 24.3 Å². The van der Waals surface area contributed by atoms with Crippen molar-refractivity contribution in [3.05, 3.63) is 41.5 Å². The maximum absolute atomic E-state index is 13.5. The van der Waals surface area contributed by atoms with Gasteiger partial charge in [0.05, 0.1) is 5.69 Å². The van der Waals surface area contributed by atoms with Gasteiger partial charge in [0.25, 0.3) is 5.91 Å². The molecule has 1 aliphatic rings. The predicted octanol–water partition coefficient (Wildman–Crippen LogP) is 1.48. The lowest BCUT2D eigenvalue weighted by atomic mass is 10.2. The number of piperazine rings is 1. The lowest BCUT2D eigenvalue weighted by molar-refractivity contribution is -0.143. The molecule has 0 atom stereocenters. The van der Waals surface area contributed by atoms with Gasteiger partial charge >= 0.3 is 6.18 Å². The summed E-state index contributed by atoms with van der Waals surface area (Å²) in [5.74, 6) is -1.70. The first kappa shape index (κ1) is 22.1. The molecule has 0 aliphatic carbocycles. The van der Waals surface area contributed by atoms with Crippen molar-refractivity contribution in [3.63, 3.8) is 0 Å². The number of rotatable bonds is 5. The molecule has 3 rings (SSSR count). The first-order valence-electron chi connectivity index (χ1n) is 8.36. The van der Waals surface area contributed by atoms with Crippen molar-refractivity contribution in [2.45, 2.75) is 6.18 Å². The van der Waals surface area contributed by atoms with Crippen LogP contribution in [0.25, 0.3) is 5.69 Å². The first-order chi connectivity index (χ1) is 12.9. The summed E-state index contributed by atoms with van der Waals surface area (Å²) in [6.07, 6.45) is -4.89. The largest absolute Gasteiger partial charge is 0.435 e. The van der Waals surface area contributed by atoms with Crippen LogP contribution < -0.4 is 10.6 Å². The van der Waals surface area contributed by atoms with E-state index >= 15 is 0 Å². The third-order valence-corrected chi connectivity index (χ3v) is 4.13. The molecule has 7 nitrogen and oxygen atoms in total. The molecule has 1 fully saturated rings. The number of carbonyl (C=O) groups is 1. The smallest absolute Gasteiger partial charge is 0.349 e. The second-order valence-corrected chi connectivity index (χ2v) is 6.02. The van der Waals surface area contributed by atoms with E-state index < -0.39 is 29.3 Å². The van der Waals surface area contributed by atoms with E-state index in [2.05, 4.69) is 25.8 Å². The Morgan fingerprint density at radius 1 is 1.25 bits per heavy atom. The second-order valence-electron chi connectivity index (χ2n) is 6.02. The van der Waals surface area contributed by atoms with Gasteiger partial charge in [-0.1, -0.05) is 11.3 Å². The average molecular weight is 423 g/mol. The molecule has 2 aromatic rings. The highest BCUT2D eigenvalue weighted by molar-refractivity contribution is 5.93. The van der Waals surface area contributed by atoms with Gasteiger partial charge in [-0.2, -0.15) is 13.2 Å². The lowest BCUT2D eigenvalue weighted by Gasteiger charge is -2.27. The van der Waals surface area contributed by atoms with E-state index in [1.807, 2.05) is 0 Å². The molecule has 0 saturated carbocycles. The summed E-state index contributed by atoms with van der Waals surface area (Å²) in [5.41, 5.74) is -2.35. The van der Waals surface area contributed by atoms with Crippen LogP contribution in [-0.2, 0) is 6.18 Å². The lowest BCUT2D eigenvalue weighted by Crippen LogP contribution is -2.46. The van der Waals surface area contributed by atoms with Crippen molar-refractivity contribution in [2.24, 2.45) is 0 Å². The molecule has 1 aromatic carbocycles. The zero-order chi connectivity index (χ0) is 19.4. The van der Waals surface area contributed by atoms with E-state index in [1.54, 1.807) is 0 Å². The van der Waals surface area contributed by atoms with Crippen molar-refractivity contribution in [1.82, 2.24) is 30.5 Å². The van der Waals surface area contributed by atoms with E-state index in [9.17, 15) is 22.4 Å². The van der Waals surface area contributed by atoms with Crippen LogP contribution in [0, 0.1) is 5.82 Å². The fourth-order valence-electron chi connectivity index (χ4n) is 2.82. The quantitative estimate of drug-likeness (QED) is 0.714. The van der Waals surface area contributed by atoms with Gasteiger partial charge in [-0.15, -0.1) is 17.5 Å². The molecular formula is C16H19ClF4N6O. The van der Waals surface area contributed by atoms with E-state index in [-0.39, 0.29) is 24.6 Å². The van der Waals surface area contributed by atoms with Gasteiger partial charge in [0.2, 0.25) is 0 Å². The van der Waals surface area contributed by atoms with Crippen LogP contribution in [0.2, 0.25) is 0 Å². The molecule has 1 aromatic heterocycles. The number of halogens is 5. The van der Waals surface area contributed by atoms with Crippen LogP contribution in [0.4, 0.5) is 17.6 Å². The molecule has 12 heteroatoms. The standard InChI is InChI=1S/C16H18F4N6O.ClH/c17-11-2-1-3-12(10-11)26-14(16(18,19)20)13(23-24-26)15(27)22-6-9-25-7-4-21-5-8-25;/h1-3,10,21H,4-9H2,(H,22,27);1H. The van der Waals surface area contributed by atoms with Crippen molar-refractivity contribution >= 4 is 18.3 Å². The molecule has 2 heterocycles.